The summed E-state index contributed by atoms with van der Waals surface area (Å²) >= 11 is 0. The number of phenolic OH excluding ortho intramolecular Hbond substituents is 1. The fourth-order valence-electron chi connectivity index (χ4n) is 1.72. The van der Waals surface area contributed by atoms with E-state index in [9.17, 15) is 9.90 Å². The smallest absolute Gasteiger partial charge is 0.318 e. The molecular formula is C15H15NO4. The number of benzene rings is 1. The molecule has 5 heteroatoms. The summed E-state index contributed by atoms with van der Waals surface area (Å²) in [6.07, 6.45) is 1.62. The first kappa shape index (κ1) is 13.9. The molecule has 2 rings (SSSR count). The molecule has 0 aliphatic rings. The van der Waals surface area contributed by atoms with E-state index in [1.807, 2.05) is 0 Å². The van der Waals surface area contributed by atoms with Gasteiger partial charge in [-0.25, -0.2) is 0 Å². The normalized spacial score (nSPS) is 11.7. The van der Waals surface area contributed by atoms with Gasteiger partial charge in [-0.15, -0.1) is 0 Å². The van der Waals surface area contributed by atoms with Crippen LogP contribution in [-0.2, 0) is 9.53 Å². The summed E-state index contributed by atoms with van der Waals surface area (Å²) in [5.74, 6) is -0.267. The van der Waals surface area contributed by atoms with E-state index in [0.717, 1.165) is 0 Å². The van der Waals surface area contributed by atoms with Gasteiger partial charge in [-0.2, -0.15) is 0 Å². The van der Waals surface area contributed by atoms with Crippen molar-refractivity contribution >= 4 is 5.97 Å². The Labute approximate surface area is 116 Å². The number of carbonyl (C=O) groups excluding carboxylic acids is 1. The maximum absolute atomic E-state index is 11.8. The molecule has 20 heavy (non-hydrogen) atoms. The Bertz CT molecular complexity index is 554. The molecule has 1 atom stereocenters. The van der Waals surface area contributed by atoms with Gasteiger partial charge in [0, 0.05) is 6.20 Å². The Hall–Kier alpha value is -2.56. The summed E-state index contributed by atoms with van der Waals surface area (Å²) in [5.41, 5.74) is 0.595. The Morgan fingerprint density at radius 1 is 1.25 bits per heavy atom. The number of methoxy groups -OCH3 is 1. The van der Waals surface area contributed by atoms with Crippen LogP contribution in [0.4, 0.5) is 0 Å². The number of aromatic hydroxyl groups is 1. The van der Waals surface area contributed by atoms with Gasteiger partial charge in [0.2, 0.25) is 0 Å². The molecule has 1 aromatic heterocycles. The van der Waals surface area contributed by atoms with Crippen LogP contribution in [0.5, 0.6) is 11.5 Å². The summed E-state index contributed by atoms with van der Waals surface area (Å²) in [4.78, 5) is 16.0. The second kappa shape index (κ2) is 6.56. The minimum Gasteiger partial charge on any atom is -0.508 e. The van der Waals surface area contributed by atoms with Crippen molar-refractivity contribution in [2.75, 3.05) is 13.7 Å². The van der Waals surface area contributed by atoms with Crippen molar-refractivity contribution in [3.05, 3.63) is 54.4 Å². The first-order valence-electron chi connectivity index (χ1n) is 6.11. The van der Waals surface area contributed by atoms with Gasteiger partial charge in [0.1, 0.15) is 24.0 Å². The first-order chi connectivity index (χ1) is 9.70. The number of hydrogen-bond donors (Lipinski definition) is 1. The molecule has 0 spiro atoms. The molecule has 0 aliphatic heterocycles. The van der Waals surface area contributed by atoms with Gasteiger partial charge in [0.25, 0.3) is 0 Å². The van der Waals surface area contributed by atoms with Crippen LogP contribution < -0.4 is 4.74 Å². The third-order valence-electron chi connectivity index (χ3n) is 2.78. The van der Waals surface area contributed by atoms with Gasteiger partial charge in [-0.3, -0.25) is 9.78 Å². The molecule has 1 aromatic carbocycles. The molecule has 0 aliphatic carbocycles. The monoisotopic (exact) mass is 273 g/mol. The maximum atomic E-state index is 11.8. The van der Waals surface area contributed by atoms with Crippen molar-refractivity contribution < 1.29 is 19.4 Å². The minimum absolute atomic E-state index is 0.120. The fourth-order valence-corrected chi connectivity index (χ4v) is 1.72. The number of esters is 1. The van der Waals surface area contributed by atoms with Gasteiger partial charge in [0.05, 0.1) is 12.8 Å². The second-order valence-electron chi connectivity index (χ2n) is 4.14. The molecule has 0 amide bonds. The highest BCUT2D eigenvalue weighted by Gasteiger charge is 2.23. The molecule has 0 saturated heterocycles. The number of rotatable bonds is 5. The van der Waals surface area contributed by atoms with Crippen molar-refractivity contribution in [1.82, 2.24) is 4.98 Å². The summed E-state index contributed by atoms with van der Waals surface area (Å²) in [7, 11) is 1.33. The van der Waals surface area contributed by atoms with E-state index < -0.39 is 11.9 Å². The zero-order valence-corrected chi connectivity index (χ0v) is 11.0. The number of aromatic nitrogens is 1. The SMILES string of the molecule is COC(=O)C(COc1ccc(O)cc1)c1ccccn1. The van der Waals surface area contributed by atoms with Crippen LogP contribution in [0.25, 0.3) is 0 Å². The highest BCUT2D eigenvalue weighted by molar-refractivity contribution is 5.77. The lowest BCUT2D eigenvalue weighted by atomic mass is 10.1. The molecule has 5 nitrogen and oxygen atoms in total. The number of hydrogen-bond acceptors (Lipinski definition) is 5. The van der Waals surface area contributed by atoms with E-state index in [4.69, 9.17) is 9.47 Å². The molecule has 1 unspecified atom stereocenters. The lowest BCUT2D eigenvalue weighted by molar-refractivity contribution is -0.143. The Balaban J connectivity index is 2.09. The van der Waals surface area contributed by atoms with Crippen molar-refractivity contribution in [1.29, 1.82) is 0 Å². The van der Waals surface area contributed by atoms with Gasteiger partial charge < -0.3 is 14.6 Å². The van der Waals surface area contributed by atoms with E-state index in [-0.39, 0.29) is 12.4 Å². The van der Waals surface area contributed by atoms with E-state index in [1.54, 1.807) is 36.5 Å². The first-order valence-corrected chi connectivity index (χ1v) is 6.11. The summed E-state index contributed by atoms with van der Waals surface area (Å²) in [6, 6.07) is 11.6. The zero-order chi connectivity index (χ0) is 14.4. The molecule has 0 fully saturated rings. The van der Waals surface area contributed by atoms with Crippen LogP contribution in [0.2, 0.25) is 0 Å². The highest BCUT2D eigenvalue weighted by Crippen LogP contribution is 2.20. The van der Waals surface area contributed by atoms with Crippen LogP contribution in [0, 0.1) is 0 Å². The van der Waals surface area contributed by atoms with Crippen LogP contribution in [0.3, 0.4) is 0 Å². The molecule has 1 N–H and O–H groups in total. The predicted octanol–water partition coefficient (Wildman–Crippen LogP) is 2.12. The summed E-state index contributed by atoms with van der Waals surface area (Å²) in [6.45, 7) is 0.120. The third kappa shape index (κ3) is 3.47. The van der Waals surface area contributed by atoms with Crippen LogP contribution in [-0.4, -0.2) is 29.8 Å². The van der Waals surface area contributed by atoms with Crippen molar-refractivity contribution in [2.45, 2.75) is 5.92 Å². The zero-order valence-electron chi connectivity index (χ0n) is 11.0. The van der Waals surface area contributed by atoms with Crippen molar-refractivity contribution in [2.24, 2.45) is 0 Å². The van der Waals surface area contributed by atoms with Crippen LogP contribution in [0.1, 0.15) is 11.6 Å². The molecule has 2 aromatic rings. The highest BCUT2D eigenvalue weighted by atomic mass is 16.5. The van der Waals surface area contributed by atoms with E-state index in [2.05, 4.69) is 4.98 Å². The Morgan fingerprint density at radius 3 is 2.60 bits per heavy atom. The predicted molar refractivity (Wildman–Crippen MR) is 72.6 cm³/mol. The van der Waals surface area contributed by atoms with Crippen LogP contribution in [0.15, 0.2) is 48.7 Å². The van der Waals surface area contributed by atoms with Crippen LogP contribution >= 0.6 is 0 Å². The maximum Gasteiger partial charge on any atom is 0.318 e. The number of carbonyl (C=O) groups is 1. The molecular weight excluding hydrogens is 258 g/mol. The van der Waals surface area contributed by atoms with Gasteiger partial charge >= 0.3 is 5.97 Å². The van der Waals surface area contributed by atoms with Gasteiger partial charge in [0.15, 0.2) is 0 Å². The average molecular weight is 273 g/mol. The number of pyridine rings is 1. The van der Waals surface area contributed by atoms with Gasteiger partial charge in [-0.1, -0.05) is 6.07 Å². The fraction of sp³-hybridized carbons (Fsp3) is 0.200. The van der Waals surface area contributed by atoms with Crippen molar-refractivity contribution in [3.8, 4) is 11.5 Å². The second-order valence-corrected chi connectivity index (χ2v) is 4.14. The third-order valence-corrected chi connectivity index (χ3v) is 2.78. The molecule has 0 saturated carbocycles. The number of nitrogens with zero attached hydrogens (tertiary/aromatic N) is 1. The Morgan fingerprint density at radius 2 is 2.00 bits per heavy atom. The lowest BCUT2D eigenvalue weighted by Crippen LogP contribution is -2.22. The standard InChI is InChI=1S/C15H15NO4/c1-19-15(18)13(14-4-2-3-9-16-14)10-20-12-7-5-11(17)6-8-12/h2-9,13,17H,10H2,1H3. The number of ether oxygens (including phenoxy) is 2. The minimum atomic E-state index is -0.588. The van der Waals surface area contributed by atoms with Gasteiger partial charge in [-0.05, 0) is 36.4 Å². The summed E-state index contributed by atoms with van der Waals surface area (Å²) in [5, 5.41) is 9.20. The lowest BCUT2D eigenvalue weighted by Gasteiger charge is -2.15. The molecule has 104 valence electrons. The summed E-state index contributed by atoms with van der Waals surface area (Å²) < 4.78 is 10.3. The van der Waals surface area contributed by atoms with Crippen molar-refractivity contribution in [3.63, 3.8) is 0 Å². The van der Waals surface area contributed by atoms with E-state index >= 15 is 0 Å². The van der Waals surface area contributed by atoms with E-state index in [1.165, 1.54) is 19.2 Å². The molecule has 0 radical (unpaired) electrons. The number of phenols is 1. The molecule has 1 heterocycles. The Kier molecular flexibility index (Phi) is 4.55. The largest absolute Gasteiger partial charge is 0.508 e. The quantitative estimate of drug-likeness (QED) is 0.845. The average Bonchev–Trinajstić information content (AvgIpc) is 2.50. The topological polar surface area (TPSA) is 68.7 Å². The molecule has 0 bridgehead atoms. The van der Waals surface area contributed by atoms with E-state index in [0.29, 0.717) is 11.4 Å².